The Balaban J connectivity index is 1.72. The van der Waals surface area contributed by atoms with Crippen molar-refractivity contribution in [1.29, 1.82) is 0 Å². The highest BCUT2D eigenvalue weighted by Gasteiger charge is 2.44. The monoisotopic (exact) mass is 600 g/mol. The first-order valence-corrected chi connectivity index (χ1v) is 12.6. The van der Waals surface area contributed by atoms with Crippen molar-refractivity contribution in [2.45, 2.75) is 70.2 Å². The summed E-state index contributed by atoms with van der Waals surface area (Å²) in [5.41, 5.74) is -4.33. The fourth-order valence-electron chi connectivity index (χ4n) is 5.35. The largest absolute Gasteiger partial charge is 0.439 e. The third kappa shape index (κ3) is 6.41. The Morgan fingerprint density at radius 3 is 1.85 bits per heavy atom. The second-order valence-electron chi connectivity index (χ2n) is 10.7. The molecule has 3 unspecified atom stereocenters. The highest BCUT2D eigenvalue weighted by molar-refractivity contribution is 5.71. The molecule has 14 heteroatoms. The molecule has 2 fully saturated rings. The number of hydrogen-bond acceptors (Lipinski definition) is 3. The summed E-state index contributed by atoms with van der Waals surface area (Å²) in [7, 11) is 0. The second-order valence-corrected chi connectivity index (χ2v) is 10.7. The molecule has 0 aromatic heterocycles. The number of benzene rings is 2. The molecule has 3 atom stereocenters. The van der Waals surface area contributed by atoms with Crippen molar-refractivity contribution in [1.82, 2.24) is 9.80 Å². The minimum Gasteiger partial charge on any atom is -0.439 e. The van der Waals surface area contributed by atoms with Crippen LogP contribution in [0.15, 0.2) is 36.4 Å². The zero-order valence-corrected chi connectivity index (χ0v) is 22.0. The van der Waals surface area contributed by atoms with Crippen molar-refractivity contribution < 1.29 is 53.4 Å². The first kappa shape index (κ1) is 30.9. The van der Waals surface area contributed by atoms with E-state index in [0.29, 0.717) is 17.7 Å². The SMILES string of the molecule is CC(C)C(c1ccc(C(F)(F)F)cc1CN1C(=O)OC(c2cc(C(F)(F)F)cc(C(F)(F)F)c2)C1C)N1CC(F)C1. The van der Waals surface area contributed by atoms with Gasteiger partial charge in [0.05, 0.1) is 22.7 Å². The van der Waals surface area contributed by atoms with Gasteiger partial charge in [0, 0.05) is 25.7 Å². The number of alkyl halides is 10. The molecule has 0 bridgehead atoms. The summed E-state index contributed by atoms with van der Waals surface area (Å²) in [6, 6.07) is 2.16. The Morgan fingerprint density at radius 1 is 0.854 bits per heavy atom. The van der Waals surface area contributed by atoms with E-state index in [4.69, 9.17) is 4.74 Å². The molecule has 2 aromatic rings. The van der Waals surface area contributed by atoms with Crippen molar-refractivity contribution >= 4 is 6.09 Å². The number of cyclic esters (lactones) is 1. The van der Waals surface area contributed by atoms with E-state index in [-0.39, 0.29) is 30.6 Å². The van der Waals surface area contributed by atoms with Crippen molar-refractivity contribution in [3.63, 3.8) is 0 Å². The average molecular weight is 600 g/mol. The molecule has 2 aromatic carbocycles. The van der Waals surface area contributed by atoms with Gasteiger partial charge in [-0.15, -0.1) is 0 Å². The van der Waals surface area contributed by atoms with Gasteiger partial charge in [-0.1, -0.05) is 19.9 Å². The second kappa shape index (κ2) is 10.7. The lowest BCUT2D eigenvalue weighted by molar-refractivity contribution is -0.143. The van der Waals surface area contributed by atoms with E-state index >= 15 is 0 Å². The van der Waals surface area contributed by atoms with Crippen LogP contribution >= 0.6 is 0 Å². The highest BCUT2D eigenvalue weighted by atomic mass is 19.4. The van der Waals surface area contributed by atoms with Gasteiger partial charge >= 0.3 is 24.6 Å². The summed E-state index contributed by atoms with van der Waals surface area (Å²) in [6.45, 7) is 4.56. The van der Waals surface area contributed by atoms with Crippen LogP contribution in [0.4, 0.5) is 48.7 Å². The topological polar surface area (TPSA) is 32.8 Å². The molecule has 4 rings (SSSR count). The number of hydrogen-bond donors (Lipinski definition) is 0. The number of ether oxygens (including phenoxy) is 1. The number of amides is 1. The molecule has 1 amide bonds. The van der Waals surface area contributed by atoms with Gasteiger partial charge in [-0.25, -0.2) is 9.18 Å². The van der Waals surface area contributed by atoms with E-state index in [9.17, 15) is 48.7 Å². The molecule has 2 aliphatic heterocycles. The van der Waals surface area contributed by atoms with Crippen LogP contribution in [0.5, 0.6) is 0 Å². The quantitative estimate of drug-likeness (QED) is 0.314. The van der Waals surface area contributed by atoms with E-state index in [1.54, 1.807) is 18.7 Å². The Hall–Kier alpha value is -3.03. The molecule has 2 heterocycles. The predicted molar refractivity (Wildman–Crippen MR) is 126 cm³/mol. The van der Waals surface area contributed by atoms with Crippen molar-refractivity contribution in [2.75, 3.05) is 13.1 Å². The minimum atomic E-state index is -5.13. The van der Waals surface area contributed by atoms with Crippen LogP contribution in [0.3, 0.4) is 0 Å². The van der Waals surface area contributed by atoms with E-state index in [2.05, 4.69) is 0 Å². The molecule has 2 saturated heterocycles. The van der Waals surface area contributed by atoms with Crippen LogP contribution in [0.25, 0.3) is 0 Å². The summed E-state index contributed by atoms with van der Waals surface area (Å²) in [6.07, 6.45) is -18.8. The maximum absolute atomic E-state index is 13.7. The van der Waals surface area contributed by atoms with Gasteiger partial charge in [-0.05, 0) is 59.9 Å². The summed E-state index contributed by atoms with van der Waals surface area (Å²) in [5.74, 6) is -0.181. The van der Waals surface area contributed by atoms with Crippen molar-refractivity contribution in [2.24, 2.45) is 5.92 Å². The molecule has 226 valence electrons. The summed E-state index contributed by atoms with van der Waals surface area (Å²) >= 11 is 0. The molecule has 0 N–H and O–H groups in total. The molecular weight excluding hydrogens is 574 g/mol. The number of nitrogens with zero attached hydrogens (tertiary/aromatic N) is 2. The van der Waals surface area contributed by atoms with Crippen LogP contribution < -0.4 is 0 Å². The summed E-state index contributed by atoms with van der Waals surface area (Å²) < 4.78 is 140. The molecular formula is C27H26F10N2O2. The maximum atomic E-state index is 13.7. The first-order valence-electron chi connectivity index (χ1n) is 12.6. The van der Waals surface area contributed by atoms with Crippen LogP contribution in [-0.2, 0) is 29.8 Å². The van der Waals surface area contributed by atoms with Crippen LogP contribution in [0, 0.1) is 5.92 Å². The van der Waals surface area contributed by atoms with Crippen LogP contribution in [0.1, 0.15) is 66.3 Å². The predicted octanol–water partition coefficient (Wildman–Crippen LogP) is 8.18. The number of likely N-dealkylation sites (tertiary alicyclic amines) is 1. The number of halogens is 10. The van der Waals surface area contributed by atoms with Gasteiger partial charge in [0.15, 0.2) is 0 Å². The Morgan fingerprint density at radius 2 is 1.39 bits per heavy atom. The van der Waals surface area contributed by atoms with Gasteiger partial charge in [-0.3, -0.25) is 9.80 Å². The Kier molecular flexibility index (Phi) is 8.04. The van der Waals surface area contributed by atoms with E-state index in [1.165, 1.54) is 13.0 Å². The van der Waals surface area contributed by atoms with E-state index in [0.717, 1.165) is 17.0 Å². The lowest BCUT2D eigenvalue weighted by Crippen LogP contribution is -2.51. The van der Waals surface area contributed by atoms with Gasteiger partial charge in [0.25, 0.3) is 0 Å². The molecule has 41 heavy (non-hydrogen) atoms. The third-order valence-electron chi connectivity index (χ3n) is 7.35. The molecule has 4 nitrogen and oxygen atoms in total. The fraction of sp³-hybridized carbons (Fsp3) is 0.519. The number of carbonyl (C=O) groups is 1. The lowest BCUT2D eigenvalue weighted by Gasteiger charge is -2.43. The molecule has 2 aliphatic rings. The third-order valence-corrected chi connectivity index (χ3v) is 7.35. The van der Waals surface area contributed by atoms with E-state index in [1.807, 2.05) is 0 Å². The molecule has 0 radical (unpaired) electrons. The summed E-state index contributed by atoms with van der Waals surface area (Å²) in [5, 5.41) is 0. The maximum Gasteiger partial charge on any atom is 0.416 e. The van der Waals surface area contributed by atoms with Crippen molar-refractivity contribution in [3.05, 3.63) is 69.8 Å². The normalized spacial score (nSPS) is 21.8. The van der Waals surface area contributed by atoms with Gasteiger partial charge < -0.3 is 4.74 Å². The summed E-state index contributed by atoms with van der Waals surface area (Å²) in [4.78, 5) is 15.6. The number of carbonyl (C=O) groups excluding carboxylic acids is 1. The average Bonchev–Trinajstić information content (AvgIpc) is 3.10. The van der Waals surface area contributed by atoms with Crippen molar-refractivity contribution in [3.8, 4) is 0 Å². The van der Waals surface area contributed by atoms with Gasteiger partial charge in [-0.2, -0.15) is 39.5 Å². The van der Waals surface area contributed by atoms with Crippen LogP contribution in [-0.4, -0.2) is 41.2 Å². The minimum absolute atomic E-state index is 0.0466. The zero-order valence-electron chi connectivity index (χ0n) is 22.0. The van der Waals surface area contributed by atoms with Gasteiger partial charge in [0.1, 0.15) is 12.3 Å². The highest BCUT2D eigenvalue weighted by Crippen LogP contribution is 2.43. The number of rotatable bonds is 6. The standard InChI is InChI=1S/C27H26F10N2O2/c1-13(2)22(38-11-20(28)12-38)21-5-4-17(25(29,30)31)8-16(21)10-39-14(3)23(41-24(39)40)15-6-18(26(32,33)34)9-19(7-15)27(35,36)37/h4-9,13-14,20,22-23H,10-12H2,1-3H3. The first-order chi connectivity index (χ1) is 18.8. The molecule has 0 spiro atoms. The zero-order chi connectivity index (χ0) is 30.7. The van der Waals surface area contributed by atoms with Crippen LogP contribution in [0.2, 0.25) is 0 Å². The fourth-order valence-corrected chi connectivity index (χ4v) is 5.35. The molecule has 0 saturated carbocycles. The smallest absolute Gasteiger partial charge is 0.416 e. The van der Waals surface area contributed by atoms with Gasteiger partial charge in [0.2, 0.25) is 0 Å². The van der Waals surface area contributed by atoms with E-state index < -0.39 is 77.8 Å². The Labute approximate surface area is 228 Å². The lowest BCUT2D eigenvalue weighted by atomic mass is 9.87. The molecule has 0 aliphatic carbocycles. The Bertz CT molecular complexity index is 1250.